The Hall–Kier alpha value is -3.47. The van der Waals surface area contributed by atoms with Crippen molar-refractivity contribution in [1.29, 1.82) is 0 Å². The number of alkyl halides is 2. The van der Waals surface area contributed by atoms with Gasteiger partial charge in [0.25, 0.3) is 5.91 Å². The van der Waals surface area contributed by atoms with Crippen LogP contribution in [0.3, 0.4) is 0 Å². The normalized spacial score (nSPS) is 10.7. The van der Waals surface area contributed by atoms with Crippen LogP contribution >= 0.6 is 11.3 Å². The molecule has 0 aliphatic carbocycles. The number of aromatic nitrogens is 1. The predicted octanol–water partition coefficient (Wildman–Crippen LogP) is 3.28. The molecule has 1 aromatic heterocycles. The van der Waals surface area contributed by atoms with E-state index < -0.39 is 18.4 Å². The number of nitrogens with one attached hydrogen (secondary N) is 2. The number of carbonyl (C=O) groups is 2. The smallest absolute Gasteiger partial charge is 0.387 e. The topological polar surface area (TPSA) is 98.8 Å². The van der Waals surface area contributed by atoms with Gasteiger partial charge in [0, 0.05) is 5.56 Å². The number of halogens is 2. The van der Waals surface area contributed by atoms with E-state index in [-0.39, 0.29) is 23.6 Å². The molecule has 0 fully saturated rings. The molecule has 0 unspecified atom stereocenters. The number of anilines is 1. The first-order valence-corrected chi connectivity index (χ1v) is 9.36. The highest BCUT2D eigenvalue weighted by Gasteiger charge is 2.15. The third kappa shape index (κ3) is 5.11. The highest BCUT2D eigenvalue weighted by molar-refractivity contribution is 7.22. The Bertz CT molecular complexity index is 1070. The van der Waals surface area contributed by atoms with Crippen molar-refractivity contribution in [3.8, 4) is 17.2 Å². The van der Waals surface area contributed by atoms with Crippen LogP contribution in [0.25, 0.3) is 10.2 Å². The minimum atomic E-state index is -3.02. The van der Waals surface area contributed by atoms with E-state index in [4.69, 9.17) is 9.47 Å². The van der Waals surface area contributed by atoms with E-state index >= 15 is 0 Å². The molecule has 0 saturated carbocycles. The zero-order chi connectivity index (χ0) is 21.7. The Kier molecular flexibility index (Phi) is 6.62. The number of ether oxygens (including phenoxy) is 3. The summed E-state index contributed by atoms with van der Waals surface area (Å²) in [5, 5.41) is 5.44. The quantitative estimate of drug-likeness (QED) is 0.561. The number of rotatable bonds is 8. The van der Waals surface area contributed by atoms with Gasteiger partial charge in [-0.25, -0.2) is 4.98 Å². The third-order valence-corrected chi connectivity index (χ3v) is 4.83. The van der Waals surface area contributed by atoms with Crippen LogP contribution in [0.5, 0.6) is 17.2 Å². The molecule has 0 saturated heterocycles. The lowest BCUT2D eigenvalue weighted by atomic mass is 10.2. The van der Waals surface area contributed by atoms with Crippen molar-refractivity contribution in [2.24, 2.45) is 0 Å². The fourth-order valence-corrected chi connectivity index (χ4v) is 3.42. The summed E-state index contributed by atoms with van der Waals surface area (Å²) >= 11 is 1.27. The summed E-state index contributed by atoms with van der Waals surface area (Å²) < 4.78 is 40.0. The molecule has 0 bridgehead atoms. The predicted molar refractivity (Wildman–Crippen MR) is 107 cm³/mol. The van der Waals surface area contributed by atoms with Crippen LogP contribution in [0.1, 0.15) is 10.4 Å². The van der Waals surface area contributed by atoms with E-state index in [1.54, 1.807) is 25.3 Å². The lowest BCUT2D eigenvalue weighted by molar-refractivity contribution is -0.115. The number of nitrogens with zero attached hydrogens (tertiary/aromatic N) is 1. The highest BCUT2D eigenvalue weighted by Crippen LogP contribution is 2.30. The molecule has 1 heterocycles. The van der Waals surface area contributed by atoms with Crippen molar-refractivity contribution in [2.75, 3.05) is 26.1 Å². The molecular formula is C19H17F2N3O5S. The second-order valence-electron chi connectivity index (χ2n) is 5.83. The van der Waals surface area contributed by atoms with Gasteiger partial charge < -0.3 is 24.8 Å². The van der Waals surface area contributed by atoms with Crippen LogP contribution in [0.4, 0.5) is 13.9 Å². The second kappa shape index (κ2) is 9.35. The van der Waals surface area contributed by atoms with Crippen molar-refractivity contribution < 1.29 is 32.6 Å². The van der Waals surface area contributed by atoms with Gasteiger partial charge in [-0.05, 0) is 36.4 Å². The summed E-state index contributed by atoms with van der Waals surface area (Å²) in [5.41, 5.74) is 0.826. The first-order valence-electron chi connectivity index (χ1n) is 8.55. The zero-order valence-electron chi connectivity index (χ0n) is 15.9. The first kappa shape index (κ1) is 21.2. The molecule has 8 nitrogen and oxygen atoms in total. The van der Waals surface area contributed by atoms with Gasteiger partial charge in [-0.1, -0.05) is 11.3 Å². The molecular weight excluding hydrogens is 420 g/mol. The first-order chi connectivity index (χ1) is 14.4. The number of hydrogen-bond acceptors (Lipinski definition) is 7. The molecule has 30 heavy (non-hydrogen) atoms. The maximum atomic E-state index is 12.4. The van der Waals surface area contributed by atoms with E-state index in [1.165, 1.54) is 36.6 Å². The molecule has 3 aromatic rings. The molecule has 2 amide bonds. The Morgan fingerprint density at radius 3 is 2.60 bits per heavy atom. The van der Waals surface area contributed by atoms with E-state index in [2.05, 4.69) is 20.4 Å². The average Bonchev–Trinajstić information content (AvgIpc) is 3.12. The van der Waals surface area contributed by atoms with Gasteiger partial charge in [-0.2, -0.15) is 8.78 Å². The number of methoxy groups -OCH3 is 2. The van der Waals surface area contributed by atoms with Crippen LogP contribution in [0.15, 0.2) is 36.4 Å². The summed E-state index contributed by atoms with van der Waals surface area (Å²) in [5.74, 6) is -0.608. The molecule has 2 aromatic carbocycles. The van der Waals surface area contributed by atoms with Crippen LogP contribution in [-0.4, -0.2) is 44.2 Å². The van der Waals surface area contributed by atoms with Crippen LogP contribution in [-0.2, 0) is 4.79 Å². The fraction of sp³-hybridized carbons (Fsp3) is 0.211. The van der Waals surface area contributed by atoms with Crippen molar-refractivity contribution in [3.63, 3.8) is 0 Å². The van der Waals surface area contributed by atoms with Crippen molar-refractivity contribution in [3.05, 3.63) is 42.0 Å². The van der Waals surface area contributed by atoms with Crippen molar-refractivity contribution in [2.45, 2.75) is 6.61 Å². The third-order valence-electron chi connectivity index (χ3n) is 3.89. The van der Waals surface area contributed by atoms with Gasteiger partial charge >= 0.3 is 6.61 Å². The minimum absolute atomic E-state index is 0.0303. The second-order valence-corrected chi connectivity index (χ2v) is 6.86. The van der Waals surface area contributed by atoms with E-state index in [0.29, 0.717) is 16.4 Å². The summed E-state index contributed by atoms with van der Waals surface area (Å²) in [6.07, 6.45) is 0. The number of fused-ring (bicyclic) bond motifs is 1. The molecule has 0 spiro atoms. The molecule has 11 heteroatoms. The lowest BCUT2D eigenvalue weighted by Crippen LogP contribution is -2.32. The van der Waals surface area contributed by atoms with Crippen molar-refractivity contribution >= 4 is 38.5 Å². The summed E-state index contributed by atoms with van der Waals surface area (Å²) in [4.78, 5) is 28.7. The molecule has 3 rings (SSSR count). The molecule has 158 valence electrons. The van der Waals surface area contributed by atoms with Gasteiger partial charge in [0.2, 0.25) is 5.91 Å². The SMILES string of the molecule is COc1ccc2nc(NC(=O)CNC(=O)c3ccc(OC(F)F)c(OC)c3)sc2c1. The zero-order valence-corrected chi connectivity index (χ0v) is 16.7. The van der Waals surface area contributed by atoms with Crippen LogP contribution in [0.2, 0.25) is 0 Å². The van der Waals surface area contributed by atoms with E-state index in [9.17, 15) is 18.4 Å². The highest BCUT2D eigenvalue weighted by atomic mass is 32.1. The Labute approximate surface area is 173 Å². The molecule has 2 N–H and O–H groups in total. The van der Waals surface area contributed by atoms with Crippen LogP contribution in [0, 0.1) is 0 Å². The van der Waals surface area contributed by atoms with E-state index in [1.807, 2.05) is 0 Å². The molecule has 0 aliphatic heterocycles. The summed E-state index contributed by atoms with van der Waals surface area (Å²) in [6, 6.07) is 9.06. The number of amides is 2. The van der Waals surface area contributed by atoms with Crippen LogP contribution < -0.4 is 24.8 Å². The maximum absolute atomic E-state index is 12.4. The fourth-order valence-electron chi connectivity index (χ4n) is 2.51. The largest absolute Gasteiger partial charge is 0.497 e. The summed E-state index contributed by atoms with van der Waals surface area (Å²) in [7, 11) is 2.82. The van der Waals surface area contributed by atoms with Gasteiger partial charge in [0.1, 0.15) is 5.75 Å². The molecule has 0 aliphatic rings. The maximum Gasteiger partial charge on any atom is 0.387 e. The monoisotopic (exact) mass is 437 g/mol. The summed E-state index contributed by atoms with van der Waals surface area (Å²) in [6.45, 7) is -3.33. The Morgan fingerprint density at radius 1 is 1.10 bits per heavy atom. The van der Waals surface area contributed by atoms with Gasteiger partial charge in [-0.15, -0.1) is 0 Å². The average molecular weight is 437 g/mol. The number of benzene rings is 2. The Morgan fingerprint density at radius 2 is 1.90 bits per heavy atom. The van der Waals surface area contributed by atoms with Gasteiger partial charge in [0.15, 0.2) is 16.6 Å². The van der Waals surface area contributed by atoms with Gasteiger partial charge in [0.05, 0.1) is 31.0 Å². The standard InChI is InChI=1S/C19H17F2N3O5S/c1-27-11-4-5-12-15(8-11)30-19(23-12)24-16(25)9-22-17(26)10-3-6-13(29-18(20)21)14(7-10)28-2/h3-8,18H,9H2,1-2H3,(H,22,26)(H,23,24,25). The number of hydrogen-bond donors (Lipinski definition) is 2. The Balaban J connectivity index is 1.59. The molecule has 0 radical (unpaired) electrons. The van der Waals surface area contributed by atoms with Crippen molar-refractivity contribution in [1.82, 2.24) is 10.3 Å². The number of thiazole rings is 1. The lowest BCUT2D eigenvalue weighted by Gasteiger charge is -2.11. The van der Waals surface area contributed by atoms with E-state index in [0.717, 1.165) is 4.70 Å². The van der Waals surface area contributed by atoms with Gasteiger partial charge in [-0.3, -0.25) is 9.59 Å². The molecule has 0 atom stereocenters. The number of carbonyl (C=O) groups excluding carboxylic acids is 2. The minimum Gasteiger partial charge on any atom is -0.497 e.